The highest BCUT2D eigenvalue weighted by atomic mass is 35.5. The van der Waals surface area contributed by atoms with E-state index >= 15 is 0 Å². The van der Waals surface area contributed by atoms with Crippen LogP contribution in [0.2, 0.25) is 0 Å². The zero-order valence-electron chi connectivity index (χ0n) is 15.9. The highest BCUT2D eigenvalue weighted by Gasteiger charge is 2.10. The van der Waals surface area contributed by atoms with Gasteiger partial charge in [0.25, 0.3) is 0 Å². The SMILES string of the molecule is O=C(CCCC(=O)Oc1ccccc1F)OCCCCCCCCCCCl. The third-order valence-corrected chi connectivity index (χ3v) is 4.38. The Bertz CT molecular complexity index is 551. The van der Waals surface area contributed by atoms with Gasteiger partial charge in [-0.05, 0) is 31.4 Å². The van der Waals surface area contributed by atoms with E-state index in [1.165, 1.54) is 43.9 Å². The average Bonchev–Trinajstić information content (AvgIpc) is 2.65. The predicted octanol–water partition coefficient (Wildman–Crippen LogP) is 5.80. The second kappa shape index (κ2) is 15.4. The van der Waals surface area contributed by atoms with Gasteiger partial charge in [-0.1, -0.05) is 50.7 Å². The summed E-state index contributed by atoms with van der Waals surface area (Å²) >= 11 is 5.63. The topological polar surface area (TPSA) is 52.6 Å². The number of rotatable bonds is 15. The van der Waals surface area contributed by atoms with Gasteiger partial charge < -0.3 is 9.47 Å². The van der Waals surface area contributed by atoms with Crippen LogP contribution in [0.25, 0.3) is 0 Å². The number of hydrogen-bond donors (Lipinski definition) is 0. The Morgan fingerprint density at radius 3 is 2.07 bits per heavy atom. The molecule has 0 aromatic heterocycles. The van der Waals surface area contributed by atoms with Crippen LogP contribution in [-0.2, 0) is 14.3 Å². The summed E-state index contributed by atoms with van der Waals surface area (Å²) in [6.07, 6.45) is 9.59. The lowest BCUT2D eigenvalue weighted by atomic mass is 10.1. The maximum Gasteiger partial charge on any atom is 0.311 e. The lowest BCUT2D eigenvalue weighted by Gasteiger charge is -2.06. The molecule has 0 unspecified atom stereocenters. The van der Waals surface area contributed by atoms with Gasteiger partial charge >= 0.3 is 11.9 Å². The van der Waals surface area contributed by atoms with E-state index in [1.807, 2.05) is 0 Å². The van der Waals surface area contributed by atoms with E-state index in [0.717, 1.165) is 31.6 Å². The van der Waals surface area contributed by atoms with Crippen molar-refractivity contribution in [2.75, 3.05) is 12.5 Å². The fourth-order valence-electron chi connectivity index (χ4n) is 2.59. The van der Waals surface area contributed by atoms with Crippen molar-refractivity contribution in [2.24, 2.45) is 0 Å². The number of benzene rings is 1. The van der Waals surface area contributed by atoms with E-state index < -0.39 is 11.8 Å². The number of hydrogen-bond acceptors (Lipinski definition) is 4. The molecule has 4 nitrogen and oxygen atoms in total. The van der Waals surface area contributed by atoms with Crippen LogP contribution in [-0.4, -0.2) is 24.4 Å². The fourth-order valence-corrected chi connectivity index (χ4v) is 2.78. The molecule has 6 heteroatoms. The van der Waals surface area contributed by atoms with Gasteiger partial charge in [-0.25, -0.2) is 4.39 Å². The molecular weight excluding hydrogens is 371 g/mol. The number of alkyl halides is 1. The zero-order valence-corrected chi connectivity index (χ0v) is 16.6. The molecule has 0 saturated carbocycles. The van der Waals surface area contributed by atoms with E-state index in [9.17, 15) is 14.0 Å². The Hall–Kier alpha value is -1.62. The van der Waals surface area contributed by atoms with Crippen LogP contribution in [0.4, 0.5) is 4.39 Å². The standard InChI is InChI=1S/C21H30ClFO4/c22-16-9-5-3-1-2-4-6-10-17-26-20(24)14-11-15-21(25)27-19-13-8-7-12-18(19)23/h7-8,12-13H,1-6,9-11,14-17H2. The Morgan fingerprint density at radius 1 is 0.815 bits per heavy atom. The Morgan fingerprint density at radius 2 is 1.41 bits per heavy atom. The quantitative estimate of drug-likeness (QED) is 0.161. The van der Waals surface area contributed by atoms with Crippen molar-refractivity contribution >= 4 is 23.5 Å². The summed E-state index contributed by atoms with van der Waals surface area (Å²) in [4.78, 5) is 23.3. The number of para-hydroxylation sites is 1. The first-order chi connectivity index (χ1) is 13.1. The first-order valence-electron chi connectivity index (χ1n) is 9.80. The number of carbonyl (C=O) groups excluding carboxylic acids is 2. The number of esters is 2. The minimum absolute atomic E-state index is 0.0488. The summed E-state index contributed by atoms with van der Waals surface area (Å²) in [6, 6.07) is 5.72. The highest BCUT2D eigenvalue weighted by molar-refractivity contribution is 6.17. The summed E-state index contributed by atoms with van der Waals surface area (Å²) in [6.45, 7) is 0.421. The number of ether oxygens (including phenoxy) is 2. The molecule has 152 valence electrons. The molecule has 0 spiro atoms. The monoisotopic (exact) mass is 400 g/mol. The van der Waals surface area contributed by atoms with Gasteiger partial charge in [0, 0.05) is 18.7 Å². The lowest BCUT2D eigenvalue weighted by Crippen LogP contribution is -2.11. The second-order valence-corrected chi connectivity index (χ2v) is 6.87. The zero-order chi connectivity index (χ0) is 19.7. The molecule has 0 N–H and O–H groups in total. The van der Waals surface area contributed by atoms with Gasteiger partial charge in [0.15, 0.2) is 11.6 Å². The molecule has 0 aliphatic heterocycles. The molecule has 0 radical (unpaired) electrons. The molecule has 0 aliphatic carbocycles. The van der Waals surface area contributed by atoms with Crippen molar-refractivity contribution in [3.63, 3.8) is 0 Å². The van der Waals surface area contributed by atoms with Gasteiger partial charge in [-0.2, -0.15) is 0 Å². The summed E-state index contributed by atoms with van der Waals surface area (Å²) in [5, 5.41) is 0. The Kier molecular flexibility index (Phi) is 13.4. The number of carbonyl (C=O) groups is 2. The summed E-state index contributed by atoms with van der Waals surface area (Å²) in [5.74, 6) is -0.795. The first kappa shape index (κ1) is 23.4. The van der Waals surface area contributed by atoms with E-state index in [4.69, 9.17) is 21.1 Å². The lowest BCUT2D eigenvalue weighted by molar-refractivity contribution is -0.144. The molecule has 27 heavy (non-hydrogen) atoms. The smallest absolute Gasteiger partial charge is 0.311 e. The highest BCUT2D eigenvalue weighted by Crippen LogP contribution is 2.16. The maximum absolute atomic E-state index is 13.4. The van der Waals surface area contributed by atoms with Crippen LogP contribution in [0, 0.1) is 5.82 Å². The summed E-state index contributed by atoms with van der Waals surface area (Å²) < 4.78 is 23.4. The van der Waals surface area contributed by atoms with Crippen LogP contribution in [0.3, 0.4) is 0 Å². The first-order valence-corrected chi connectivity index (χ1v) is 10.3. The van der Waals surface area contributed by atoms with Crippen molar-refractivity contribution < 1.29 is 23.5 Å². The van der Waals surface area contributed by atoms with Gasteiger partial charge in [0.05, 0.1) is 6.61 Å². The van der Waals surface area contributed by atoms with Crippen LogP contribution in [0.5, 0.6) is 5.75 Å². The van der Waals surface area contributed by atoms with E-state index in [2.05, 4.69) is 0 Å². The normalized spacial score (nSPS) is 10.6. The molecular formula is C21H30ClFO4. The molecule has 0 fully saturated rings. The van der Waals surface area contributed by atoms with E-state index in [0.29, 0.717) is 13.0 Å². The molecule has 1 rings (SSSR count). The fraction of sp³-hybridized carbons (Fsp3) is 0.619. The molecule has 1 aromatic carbocycles. The minimum Gasteiger partial charge on any atom is -0.466 e. The molecule has 0 saturated heterocycles. The van der Waals surface area contributed by atoms with Crippen LogP contribution in [0.1, 0.15) is 70.6 Å². The van der Waals surface area contributed by atoms with Crippen molar-refractivity contribution in [2.45, 2.75) is 70.6 Å². The van der Waals surface area contributed by atoms with Crippen LogP contribution < -0.4 is 4.74 Å². The van der Waals surface area contributed by atoms with E-state index in [-0.39, 0.29) is 24.6 Å². The number of halogens is 2. The van der Waals surface area contributed by atoms with Crippen LogP contribution >= 0.6 is 11.6 Å². The molecule has 0 bridgehead atoms. The predicted molar refractivity (Wildman–Crippen MR) is 105 cm³/mol. The van der Waals surface area contributed by atoms with E-state index in [1.54, 1.807) is 6.07 Å². The summed E-state index contributed by atoms with van der Waals surface area (Å²) in [5.41, 5.74) is 0. The van der Waals surface area contributed by atoms with Crippen molar-refractivity contribution in [3.05, 3.63) is 30.1 Å². The number of unbranched alkanes of at least 4 members (excludes halogenated alkanes) is 7. The average molecular weight is 401 g/mol. The van der Waals surface area contributed by atoms with Gasteiger partial charge in [0.1, 0.15) is 0 Å². The van der Waals surface area contributed by atoms with Gasteiger partial charge in [-0.15, -0.1) is 11.6 Å². The van der Waals surface area contributed by atoms with Gasteiger partial charge in [0.2, 0.25) is 0 Å². The molecule has 0 amide bonds. The summed E-state index contributed by atoms with van der Waals surface area (Å²) in [7, 11) is 0. The second-order valence-electron chi connectivity index (χ2n) is 6.50. The minimum atomic E-state index is -0.583. The Labute approximate surface area is 166 Å². The van der Waals surface area contributed by atoms with Gasteiger partial charge in [-0.3, -0.25) is 9.59 Å². The molecule has 0 atom stereocenters. The van der Waals surface area contributed by atoms with Crippen molar-refractivity contribution in [1.82, 2.24) is 0 Å². The molecule has 1 aromatic rings. The Balaban J connectivity index is 1.95. The third kappa shape index (κ3) is 12.4. The van der Waals surface area contributed by atoms with Crippen molar-refractivity contribution in [1.29, 1.82) is 0 Å². The molecule has 0 aliphatic rings. The van der Waals surface area contributed by atoms with Crippen LogP contribution in [0.15, 0.2) is 24.3 Å². The molecule has 0 heterocycles. The van der Waals surface area contributed by atoms with Crippen molar-refractivity contribution in [3.8, 4) is 5.75 Å². The third-order valence-electron chi connectivity index (χ3n) is 4.11. The largest absolute Gasteiger partial charge is 0.466 e. The maximum atomic E-state index is 13.4.